The van der Waals surface area contributed by atoms with Crippen molar-refractivity contribution in [1.29, 1.82) is 0 Å². The quantitative estimate of drug-likeness (QED) is 0.566. The zero-order valence-corrected chi connectivity index (χ0v) is 16.6. The number of hydrogen-bond donors (Lipinski definition) is 0. The number of ether oxygens (including phenoxy) is 3. The Balaban J connectivity index is 1.84. The van der Waals surface area contributed by atoms with Gasteiger partial charge in [-0.3, -0.25) is 0 Å². The molecule has 3 fully saturated rings. The SMILES string of the molecule is CC(C)(C)C1OC2(c3ccc(C#C[Si](C)(C)C)cc3)OCC1CO2. The molecule has 1 aromatic carbocycles. The highest BCUT2D eigenvalue weighted by Crippen LogP contribution is 2.46. The molecule has 0 saturated carbocycles. The molecule has 0 N–H and O–H groups in total. The van der Waals surface area contributed by atoms with Crippen LogP contribution in [0.3, 0.4) is 0 Å². The van der Waals surface area contributed by atoms with Gasteiger partial charge in [0.15, 0.2) is 0 Å². The first-order valence-corrected chi connectivity index (χ1v) is 12.2. The Bertz CT molecular complexity index is 647. The van der Waals surface area contributed by atoms with Crippen molar-refractivity contribution in [3.05, 3.63) is 35.4 Å². The third kappa shape index (κ3) is 3.60. The molecule has 3 nitrogen and oxygen atoms in total. The molecule has 0 amide bonds. The second-order valence-corrected chi connectivity index (χ2v) is 13.7. The predicted molar refractivity (Wildman–Crippen MR) is 98.1 cm³/mol. The number of fused-ring (bicyclic) bond motifs is 3. The van der Waals surface area contributed by atoms with Crippen molar-refractivity contribution in [1.82, 2.24) is 0 Å². The average molecular weight is 345 g/mol. The van der Waals surface area contributed by atoms with Crippen LogP contribution in [0.2, 0.25) is 19.6 Å². The molecule has 0 aliphatic carbocycles. The van der Waals surface area contributed by atoms with E-state index in [4.69, 9.17) is 14.2 Å². The van der Waals surface area contributed by atoms with E-state index in [0.29, 0.717) is 19.1 Å². The van der Waals surface area contributed by atoms with Gasteiger partial charge < -0.3 is 14.2 Å². The fourth-order valence-electron chi connectivity index (χ4n) is 3.17. The predicted octanol–water partition coefficient (Wildman–Crippen LogP) is 4.13. The van der Waals surface area contributed by atoms with Gasteiger partial charge in [0.05, 0.1) is 19.3 Å². The van der Waals surface area contributed by atoms with Gasteiger partial charge in [-0.1, -0.05) is 46.3 Å². The van der Waals surface area contributed by atoms with Crippen molar-refractivity contribution in [2.75, 3.05) is 13.2 Å². The summed E-state index contributed by atoms with van der Waals surface area (Å²) in [5, 5.41) is 0. The van der Waals surface area contributed by atoms with Crippen molar-refractivity contribution < 1.29 is 14.2 Å². The molecule has 0 spiro atoms. The van der Waals surface area contributed by atoms with Crippen LogP contribution in [0.1, 0.15) is 31.9 Å². The van der Waals surface area contributed by atoms with Gasteiger partial charge in [0, 0.05) is 17.0 Å². The second-order valence-electron chi connectivity index (χ2n) is 8.92. The number of rotatable bonds is 1. The average Bonchev–Trinajstić information content (AvgIpc) is 2.53. The normalized spacial score (nSPS) is 29.9. The zero-order valence-electron chi connectivity index (χ0n) is 15.6. The number of benzene rings is 1. The molecule has 24 heavy (non-hydrogen) atoms. The summed E-state index contributed by atoms with van der Waals surface area (Å²) in [7, 11) is -1.37. The van der Waals surface area contributed by atoms with E-state index in [1.54, 1.807) is 0 Å². The maximum Gasteiger partial charge on any atom is 0.312 e. The molecule has 1 atom stereocenters. The lowest BCUT2D eigenvalue weighted by Gasteiger charge is -2.53. The topological polar surface area (TPSA) is 27.7 Å². The van der Waals surface area contributed by atoms with Crippen molar-refractivity contribution >= 4 is 8.07 Å². The van der Waals surface area contributed by atoms with Crippen molar-refractivity contribution in [3.63, 3.8) is 0 Å². The summed E-state index contributed by atoms with van der Waals surface area (Å²) in [6, 6.07) is 8.08. The molecular weight excluding hydrogens is 316 g/mol. The third-order valence-corrected chi connectivity index (χ3v) is 5.23. The minimum absolute atomic E-state index is 0.0617. The molecule has 0 aromatic heterocycles. The van der Waals surface area contributed by atoms with Gasteiger partial charge in [-0.05, 0) is 29.7 Å². The smallest absolute Gasteiger partial charge is 0.312 e. The van der Waals surface area contributed by atoms with E-state index >= 15 is 0 Å². The minimum atomic E-state index is -1.37. The molecule has 130 valence electrons. The lowest BCUT2D eigenvalue weighted by atomic mass is 9.80. The van der Waals surface area contributed by atoms with Crippen LogP contribution in [0.15, 0.2) is 24.3 Å². The van der Waals surface area contributed by atoms with Gasteiger partial charge >= 0.3 is 5.97 Å². The maximum atomic E-state index is 6.30. The lowest BCUT2D eigenvalue weighted by molar-refractivity contribution is -0.488. The molecule has 4 heteroatoms. The molecular formula is C20H28O3Si. The minimum Gasteiger partial charge on any atom is -0.323 e. The zero-order chi connectivity index (χ0) is 17.6. The van der Waals surface area contributed by atoms with E-state index in [0.717, 1.165) is 11.1 Å². The van der Waals surface area contributed by atoms with Crippen molar-refractivity contribution in [2.45, 2.75) is 52.5 Å². The summed E-state index contributed by atoms with van der Waals surface area (Å²) in [5.74, 6) is 2.52. The van der Waals surface area contributed by atoms with E-state index in [1.807, 2.05) is 24.3 Å². The highest BCUT2D eigenvalue weighted by molar-refractivity contribution is 6.83. The molecule has 1 aromatic rings. The lowest BCUT2D eigenvalue weighted by Crippen LogP contribution is -2.59. The standard InChI is InChI=1S/C20H28O3Si/c1-19(2,3)18-16-13-21-20(23-18,22-14-16)17-9-7-15(8-10-17)11-12-24(4,5)6/h7-10,16,18H,13-14H2,1-6H3. The molecule has 0 radical (unpaired) electrons. The molecule has 1 unspecified atom stereocenters. The van der Waals surface area contributed by atoms with Crippen LogP contribution >= 0.6 is 0 Å². The molecule has 3 aliphatic rings. The molecule has 3 heterocycles. The Kier molecular flexibility index (Phi) is 4.42. The maximum absolute atomic E-state index is 6.30. The highest BCUT2D eigenvalue weighted by Gasteiger charge is 2.54. The van der Waals surface area contributed by atoms with E-state index < -0.39 is 14.0 Å². The first-order valence-electron chi connectivity index (χ1n) is 8.69. The van der Waals surface area contributed by atoms with E-state index in [2.05, 4.69) is 51.9 Å². The number of hydrogen-bond acceptors (Lipinski definition) is 3. The van der Waals surface area contributed by atoms with Crippen molar-refractivity contribution in [2.24, 2.45) is 11.3 Å². The molecule has 4 rings (SSSR count). The Morgan fingerprint density at radius 2 is 1.62 bits per heavy atom. The van der Waals surface area contributed by atoms with Crippen LogP contribution < -0.4 is 0 Å². The van der Waals surface area contributed by atoms with Gasteiger partial charge in [0.25, 0.3) is 0 Å². The monoisotopic (exact) mass is 344 g/mol. The van der Waals surface area contributed by atoms with Crippen LogP contribution in [-0.4, -0.2) is 27.4 Å². The first-order chi connectivity index (χ1) is 11.1. The van der Waals surface area contributed by atoms with Crippen LogP contribution in [0.4, 0.5) is 0 Å². The summed E-state index contributed by atoms with van der Waals surface area (Å²) >= 11 is 0. The van der Waals surface area contributed by atoms with Crippen LogP contribution in [0.25, 0.3) is 0 Å². The van der Waals surface area contributed by atoms with Crippen LogP contribution in [0.5, 0.6) is 0 Å². The van der Waals surface area contributed by atoms with Crippen LogP contribution in [0, 0.1) is 22.8 Å². The van der Waals surface area contributed by atoms with Gasteiger partial charge in [0.2, 0.25) is 0 Å². The van der Waals surface area contributed by atoms with Gasteiger partial charge in [-0.25, -0.2) is 0 Å². The highest BCUT2D eigenvalue weighted by atomic mass is 28.3. The second kappa shape index (κ2) is 6.00. The summed E-state index contributed by atoms with van der Waals surface area (Å²) in [4.78, 5) is 0. The van der Waals surface area contributed by atoms with E-state index in [9.17, 15) is 0 Å². The summed E-state index contributed by atoms with van der Waals surface area (Å²) in [6.07, 6.45) is 0.131. The van der Waals surface area contributed by atoms with E-state index in [-0.39, 0.29) is 11.5 Å². The van der Waals surface area contributed by atoms with Gasteiger partial charge in [-0.2, -0.15) is 0 Å². The molecule has 3 saturated heterocycles. The Hall–Kier alpha value is -1.12. The molecule has 3 aliphatic heterocycles. The molecule has 2 bridgehead atoms. The Morgan fingerprint density at radius 1 is 1.04 bits per heavy atom. The van der Waals surface area contributed by atoms with Gasteiger partial charge in [-0.15, -0.1) is 5.54 Å². The fraction of sp³-hybridized carbons (Fsp3) is 0.600. The van der Waals surface area contributed by atoms with E-state index in [1.165, 1.54) is 0 Å². The van der Waals surface area contributed by atoms with Crippen LogP contribution in [-0.2, 0) is 20.2 Å². The van der Waals surface area contributed by atoms with Gasteiger partial charge in [0.1, 0.15) is 8.07 Å². The summed E-state index contributed by atoms with van der Waals surface area (Å²) < 4.78 is 18.2. The Labute approximate surface area is 146 Å². The largest absolute Gasteiger partial charge is 0.323 e. The summed E-state index contributed by atoms with van der Waals surface area (Å²) in [6.45, 7) is 14.7. The summed E-state index contributed by atoms with van der Waals surface area (Å²) in [5.41, 5.74) is 5.39. The van der Waals surface area contributed by atoms with Crippen molar-refractivity contribution in [3.8, 4) is 11.5 Å². The Morgan fingerprint density at radius 3 is 2.12 bits per heavy atom. The third-order valence-electron chi connectivity index (χ3n) is 4.36. The first kappa shape index (κ1) is 17.7. The fourth-order valence-corrected chi connectivity index (χ4v) is 3.68.